The number of hydrogen-bond acceptors (Lipinski definition) is 5. The first-order valence-electron chi connectivity index (χ1n) is 5.72. The Morgan fingerprint density at radius 2 is 2.21 bits per heavy atom. The molecule has 8 heteroatoms. The van der Waals surface area contributed by atoms with Gasteiger partial charge in [-0.1, -0.05) is 0 Å². The first-order valence-corrected chi connectivity index (χ1v) is 5.72. The molecule has 19 heavy (non-hydrogen) atoms. The van der Waals surface area contributed by atoms with Crippen molar-refractivity contribution < 1.29 is 24.2 Å². The summed E-state index contributed by atoms with van der Waals surface area (Å²) in [6.07, 6.45) is 1.57. The van der Waals surface area contributed by atoms with Crippen LogP contribution in [0.3, 0.4) is 0 Å². The summed E-state index contributed by atoms with van der Waals surface area (Å²) in [5, 5.41) is 14.8. The Labute approximate surface area is 109 Å². The van der Waals surface area contributed by atoms with Crippen LogP contribution in [0.1, 0.15) is 23.8 Å². The number of carbonyl (C=O) groups excluding carboxylic acids is 2. The molecule has 0 saturated carbocycles. The smallest absolute Gasteiger partial charge is 0.356 e. The van der Waals surface area contributed by atoms with Gasteiger partial charge in [-0.3, -0.25) is 14.3 Å². The molecule has 1 aromatic rings. The summed E-state index contributed by atoms with van der Waals surface area (Å²) in [4.78, 5) is 33.0. The third kappa shape index (κ3) is 5.19. The zero-order valence-electron chi connectivity index (χ0n) is 10.5. The molecule has 0 aliphatic heterocycles. The highest BCUT2D eigenvalue weighted by Crippen LogP contribution is 1.97. The highest BCUT2D eigenvalue weighted by atomic mass is 16.5. The predicted octanol–water partition coefficient (Wildman–Crippen LogP) is -0.349. The lowest BCUT2D eigenvalue weighted by atomic mass is 10.4. The molecule has 0 aliphatic rings. The van der Waals surface area contributed by atoms with E-state index in [1.54, 1.807) is 6.92 Å². The van der Waals surface area contributed by atoms with Crippen LogP contribution in [-0.2, 0) is 20.9 Å². The number of hydrogen-bond donors (Lipinski definition) is 2. The summed E-state index contributed by atoms with van der Waals surface area (Å²) >= 11 is 0. The van der Waals surface area contributed by atoms with Crippen molar-refractivity contribution >= 4 is 17.8 Å². The van der Waals surface area contributed by atoms with E-state index >= 15 is 0 Å². The predicted molar refractivity (Wildman–Crippen MR) is 63.4 cm³/mol. The summed E-state index contributed by atoms with van der Waals surface area (Å²) in [5.41, 5.74) is -0.0769. The van der Waals surface area contributed by atoms with Gasteiger partial charge in [0, 0.05) is 19.2 Å². The molecule has 0 atom stereocenters. The van der Waals surface area contributed by atoms with Gasteiger partial charge in [0.25, 0.3) is 0 Å². The van der Waals surface area contributed by atoms with Crippen LogP contribution < -0.4 is 5.32 Å². The third-order valence-electron chi connectivity index (χ3n) is 2.16. The topological polar surface area (TPSA) is 111 Å². The lowest BCUT2D eigenvalue weighted by Gasteiger charge is -2.05. The summed E-state index contributed by atoms with van der Waals surface area (Å²) in [6, 6.07) is 1.35. The van der Waals surface area contributed by atoms with Crippen LogP contribution in [0.2, 0.25) is 0 Å². The second-order valence-electron chi connectivity index (χ2n) is 3.60. The lowest BCUT2D eigenvalue weighted by molar-refractivity contribution is -0.143. The Balaban J connectivity index is 2.29. The summed E-state index contributed by atoms with van der Waals surface area (Å²) in [7, 11) is 0. The first kappa shape index (κ1) is 14.7. The van der Waals surface area contributed by atoms with Gasteiger partial charge < -0.3 is 15.2 Å². The van der Waals surface area contributed by atoms with Crippen LogP contribution in [0.25, 0.3) is 0 Å². The number of nitrogens with zero attached hydrogens (tertiary/aromatic N) is 2. The van der Waals surface area contributed by atoms with Gasteiger partial charge in [0.2, 0.25) is 5.91 Å². The number of aryl methyl sites for hydroxylation is 1. The lowest BCUT2D eigenvalue weighted by Crippen LogP contribution is -2.31. The fourth-order valence-corrected chi connectivity index (χ4v) is 1.29. The van der Waals surface area contributed by atoms with Crippen molar-refractivity contribution in [1.82, 2.24) is 15.1 Å². The minimum atomic E-state index is -1.12. The van der Waals surface area contributed by atoms with Crippen LogP contribution >= 0.6 is 0 Å². The van der Waals surface area contributed by atoms with Gasteiger partial charge in [-0.05, 0) is 13.0 Å². The molecular weight excluding hydrogens is 254 g/mol. The van der Waals surface area contributed by atoms with Crippen molar-refractivity contribution in [3.05, 3.63) is 18.0 Å². The molecule has 0 radical (unpaired) electrons. The first-order chi connectivity index (χ1) is 9.02. The van der Waals surface area contributed by atoms with Crippen molar-refractivity contribution in [2.45, 2.75) is 19.9 Å². The zero-order chi connectivity index (χ0) is 14.3. The number of carbonyl (C=O) groups is 3. The molecule has 104 valence electrons. The van der Waals surface area contributed by atoms with E-state index in [0.29, 0.717) is 0 Å². The number of aromatic nitrogens is 2. The summed E-state index contributed by atoms with van der Waals surface area (Å²) < 4.78 is 6.00. The monoisotopic (exact) mass is 269 g/mol. The maximum atomic E-state index is 11.4. The molecule has 0 spiro atoms. The maximum absolute atomic E-state index is 11.4. The Kier molecular flexibility index (Phi) is 5.52. The van der Waals surface area contributed by atoms with Crippen LogP contribution in [0.4, 0.5) is 0 Å². The number of rotatable bonds is 7. The number of amides is 1. The minimum absolute atomic E-state index is 0.0769. The van der Waals surface area contributed by atoms with E-state index < -0.39 is 11.9 Å². The van der Waals surface area contributed by atoms with Crippen molar-refractivity contribution in [2.75, 3.05) is 13.2 Å². The van der Waals surface area contributed by atoms with Crippen molar-refractivity contribution in [3.63, 3.8) is 0 Å². The van der Waals surface area contributed by atoms with Gasteiger partial charge >= 0.3 is 11.9 Å². The molecular formula is C11H15N3O5. The average Bonchev–Trinajstić information content (AvgIpc) is 2.83. The third-order valence-corrected chi connectivity index (χ3v) is 2.16. The van der Waals surface area contributed by atoms with Gasteiger partial charge in [-0.2, -0.15) is 5.10 Å². The quantitative estimate of drug-likeness (QED) is 0.655. The Morgan fingerprint density at radius 1 is 1.47 bits per heavy atom. The highest BCUT2D eigenvalue weighted by molar-refractivity contribution is 5.85. The molecule has 0 aromatic carbocycles. The molecule has 1 rings (SSSR count). The Morgan fingerprint density at radius 3 is 2.79 bits per heavy atom. The van der Waals surface area contributed by atoms with E-state index in [1.165, 1.54) is 16.9 Å². The number of esters is 1. The van der Waals surface area contributed by atoms with Crippen molar-refractivity contribution in [2.24, 2.45) is 0 Å². The number of carboxylic acids is 1. The fourth-order valence-electron chi connectivity index (χ4n) is 1.29. The second kappa shape index (κ2) is 7.14. The van der Waals surface area contributed by atoms with E-state index in [4.69, 9.17) is 5.11 Å². The van der Waals surface area contributed by atoms with E-state index in [2.05, 4.69) is 15.2 Å². The van der Waals surface area contributed by atoms with E-state index in [9.17, 15) is 14.4 Å². The average molecular weight is 269 g/mol. The van der Waals surface area contributed by atoms with Gasteiger partial charge in [0.05, 0.1) is 6.61 Å². The fraction of sp³-hybridized carbons (Fsp3) is 0.455. The maximum Gasteiger partial charge on any atom is 0.356 e. The summed E-state index contributed by atoms with van der Waals surface area (Å²) in [5.74, 6) is -1.95. The molecule has 2 N–H and O–H groups in total. The second-order valence-corrected chi connectivity index (χ2v) is 3.60. The van der Waals surface area contributed by atoms with Crippen LogP contribution in [0.5, 0.6) is 0 Å². The van der Waals surface area contributed by atoms with Gasteiger partial charge in [0.1, 0.15) is 6.54 Å². The van der Waals surface area contributed by atoms with Crippen molar-refractivity contribution in [3.8, 4) is 0 Å². The Bertz CT molecular complexity index is 469. The highest BCUT2D eigenvalue weighted by Gasteiger charge is 2.09. The van der Waals surface area contributed by atoms with E-state index in [1.807, 2.05) is 0 Å². The van der Waals surface area contributed by atoms with Gasteiger partial charge in [-0.25, -0.2) is 4.79 Å². The molecule has 0 bridgehead atoms. The standard InChI is InChI=1S/C11H15N3O5/c1-2-19-10(16)7-12-9(15)4-6-14-5-3-8(13-14)11(17)18/h3,5H,2,4,6-7H2,1H3,(H,12,15)(H,17,18). The molecule has 1 aromatic heterocycles. The molecule has 0 aliphatic carbocycles. The Hall–Kier alpha value is -2.38. The largest absolute Gasteiger partial charge is 0.476 e. The number of ether oxygens (including phenoxy) is 1. The van der Waals surface area contributed by atoms with Crippen LogP contribution in [0.15, 0.2) is 12.3 Å². The molecule has 0 fully saturated rings. The molecule has 1 amide bonds. The normalized spacial score (nSPS) is 9.95. The number of carboxylic acid groups (broad SMARTS) is 1. The number of nitrogens with one attached hydrogen (secondary N) is 1. The van der Waals surface area contributed by atoms with Crippen molar-refractivity contribution in [1.29, 1.82) is 0 Å². The van der Waals surface area contributed by atoms with Crippen LogP contribution in [-0.4, -0.2) is 45.9 Å². The van der Waals surface area contributed by atoms with E-state index in [0.717, 1.165) is 0 Å². The molecule has 0 saturated heterocycles. The van der Waals surface area contributed by atoms with Crippen LogP contribution in [0, 0.1) is 0 Å². The van der Waals surface area contributed by atoms with Gasteiger partial charge in [-0.15, -0.1) is 0 Å². The summed E-state index contributed by atoms with van der Waals surface area (Å²) in [6.45, 7) is 2.01. The SMILES string of the molecule is CCOC(=O)CNC(=O)CCn1ccc(C(=O)O)n1. The number of aromatic carboxylic acids is 1. The molecule has 1 heterocycles. The van der Waals surface area contributed by atoms with E-state index in [-0.39, 0.29) is 37.7 Å². The minimum Gasteiger partial charge on any atom is -0.476 e. The van der Waals surface area contributed by atoms with Gasteiger partial charge in [0.15, 0.2) is 5.69 Å². The molecule has 0 unspecified atom stereocenters. The zero-order valence-corrected chi connectivity index (χ0v) is 10.5. The molecule has 8 nitrogen and oxygen atoms in total.